The summed E-state index contributed by atoms with van der Waals surface area (Å²) in [6.07, 6.45) is -0.627. The predicted molar refractivity (Wildman–Crippen MR) is 146 cm³/mol. The molecule has 1 atom stereocenters. The highest BCUT2D eigenvalue weighted by Crippen LogP contribution is 2.44. The van der Waals surface area contributed by atoms with Crippen molar-refractivity contribution in [3.8, 4) is 33.8 Å². The number of carbonyl (C=O) groups is 2. The second kappa shape index (κ2) is 10.5. The van der Waals surface area contributed by atoms with E-state index in [0.717, 1.165) is 44.7 Å². The molecule has 1 aliphatic carbocycles. The molecule has 1 amide bonds. The topological polar surface area (TPSA) is 94.1 Å². The summed E-state index contributed by atoms with van der Waals surface area (Å²) in [6.45, 7) is 1.18. The van der Waals surface area contributed by atoms with Gasteiger partial charge in [0.2, 0.25) is 0 Å². The number of hydrogen-bond acceptors (Lipinski definition) is 5. The molecule has 0 radical (unpaired) electrons. The summed E-state index contributed by atoms with van der Waals surface area (Å²) in [7, 11) is 0. The Kier molecular flexibility index (Phi) is 6.63. The van der Waals surface area contributed by atoms with Crippen LogP contribution in [0.25, 0.3) is 22.3 Å². The monoisotopic (exact) mass is 521 g/mol. The van der Waals surface area contributed by atoms with Crippen molar-refractivity contribution in [2.45, 2.75) is 18.4 Å². The van der Waals surface area contributed by atoms with Crippen LogP contribution < -0.4 is 14.8 Å². The van der Waals surface area contributed by atoms with Gasteiger partial charge in [-0.2, -0.15) is 0 Å². The fourth-order valence-electron chi connectivity index (χ4n) is 5.27. The Labute approximate surface area is 226 Å². The molecule has 0 fully saturated rings. The lowest BCUT2D eigenvalue weighted by molar-refractivity contribution is -0.139. The number of nitrogens with one attached hydrogen (secondary N) is 1. The summed E-state index contributed by atoms with van der Waals surface area (Å²) in [5.41, 5.74) is 7.17. The minimum Gasteiger partial charge on any atom is -0.486 e. The van der Waals surface area contributed by atoms with Crippen molar-refractivity contribution in [1.29, 1.82) is 0 Å². The van der Waals surface area contributed by atoms with Gasteiger partial charge in [0, 0.05) is 12.3 Å². The summed E-state index contributed by atoms with van der Waals surface area (Å²) in [4.78, 5) is 24.6. The van der Waals surface area contributed by atoms with E-state index < -0.39 is 18.1 Å². The van der Waals surface area contributed by atoms with Crippen molar-refractivity contribution in [3.63, 3.8) is 0 Å². The quantitative estimate of drug-likeness (QED) is 0.326. The molecule has 2 aliphatic rings. The average molecular weight is 522 g/mol. The van der Waals surface area contributed by atoms with Gasteiger partial charge in [-0.05, 0) is 51.1 Å². The number of fused-ring (bicyclic) bond motifs is 4. The maximum atomic E-state index is 12.7. The summed E-state index contributed by atoms with van der Waals surface area (Å²) in [5.74, 6) is 0.213. The van der Waals surface area contributed by atoms with Gasteiger partial charge in [-0.1, -0.05) is 78.9 Å². The van der Waals surface area contributed by atoms with E-state index in [4.69, 9.17) is 14.2 Å². The first-order valence-electron chi connectivity index (χ1n) is 12.9. The molecule has 4 aromatic rings. The molecule has 2 N–H and O–H groups in total. The Morgan fingerprint density at radius 1 is 0.821 bits per heavy atom. The van der Waals surface area contributed by atoms with Gasteiger partial charge in [0.1, 0.15) is 25.9 Å². The van der Waals surface area contributed by atoms with Gasteiger partial charge in [-0.3, -0.25) is 0 Å². The van der Waals surface area contributed by atoms with Crippen LogP contribution in [-0.4, -0.2) is 43.0 Å². The number of carboxylic acids is 1. The zero-order valence-corrected chi connectivity index (χ0v) is 21.1. The van der Waals surface area contributed by atoms with Crippen molar-refractivity contribution in [3.05, 3.63) is 108 Å². The zero-order valence-electron chi connectivity index (χ0n) is 21.1. The third-order valence-electron chi connectivity index (χ3n) is 7.20. The van der Waals surface area contributed by atoms with Crippen LogP contribution in [-0.2, 0) is 16.0 Å². The van der Waals surface area contributed by atoms with E-state index in [1.165, 1.54) is 0 Å². The van der Waals surface area contributed by atoms with Crippen LogP contribution in [0.1, 0.15) is 22.6 Å². The molecule has 39 heavy (non-hydrogen) atoms. The molecular formula is C32H27NO6. The summed E-state index contributed by atoms with van der Waals surface area (Å²) in [5, 5.41) is 12.3. The van der Waals surface area contributed by atoms with Crippen LogP contribution >= 0.6 is 0 Å². The molecule has 7 nitrogen and oxygen atoms in total. The number of hydrogen-bond donors (Lipinski definition) is 2. The molecule has 7 heteroatoms. The van der Waals surface area contributed by atoms with Crippen molar-refractivity contribution < 1.29 is 28.9 Å². The van der Waals surface area contributed by atoms with Crippen LogP contribution in [0.4, 0.5) is 4.79 Å². The minimum absolute atomic E-state index is 0.0977. The Morgan fingerprint density at radius 2 is 1.44 bits per heavy atom. The third-order valence-corrected chi connectivity index (χ3v) is 7.20. The molecule has 0 saturated heterocycles. The maximum Gasteiger partial charge on any atom is 0.407 e. The SMILES string of the molecule is O=C(N[C@@H](Cc1ccc(-c2ccc3c(c2)OCCO3)cc1)C(=O)O)OCC1c2ccccc2-c2ccccc21. The number of ether oxygens (including phenoxy) is 3. The second-order valence-corrected chi connectivity index (χ2v) is 9.62. The average Bonchev–Trinajstić information content (AvgIpc) is 3.29. The molecule has 0 spiro atoms. The number of carbonyl (C=O) groups excluding carboxylic acids is 1. The van der Waals surface area contributed by atoms with Crippen LogP contribution in [0.2, 0.25) is 0 Å². The van der Waals surface area contributed by atoms with E-state index in [1.54, 1.807) is 0 Å². The van der Waals surface area contributed by atoms with Crippen molar-refractivity contribution >= 4 is 12.1 Å². The largest absolute Gasteiger partial charge is 0.486 e. The second-order valence-electron chi connectivity index (χ2n) is 9.62. The Hall–Kier alpha value is -4.78. The fourth-order valence-corrected chi connectivity index (χ4v) is 5.27. The first-order valence-corrected chi connectivity index (χ1v) is 12.9. The molecule has 0 unspecified atom stereocenters. The van der Waals surface area contributed by atoms with Crippen molar-refractivity contribution in [1.82, 2.24) is 5.32 Å². The van der Waals surface area contributed by atoms with Gasteiger partial charge >= 0.3 is 12.1 Å². The molecule has 0 aromatic heterocycles. The normalized spacial score (nSPS) is 14.2. The fraction of sp³-hybridized carbons (Fsp3) is 0.188. The standard InChI is InChI=1S/C32H27NO6/c34-31(35)28(17-20-9-11-21(12-10-20)22-13-14-29-30(18-22)38-16-15-37-29)33-32(36)39-19-27-25-7-3-1-5-23(25)24-6-2-4-8-26(24)27/h1-14,18,27-28H,15-17,19H2,(H,33,36)(H,34,35)/t28-/m0/s1. The Bertz CT molecular complexity index is 1480. The first kappa shape index (κ1) is 24.6. The number of aliphatic carboxylic acids is 1. The number of benzene rings is 4. The van der Waals surface area contributed by atoms with E-state index >= 15 is 0 Å². The lowest BCUT2D eigenvalue weighted by Crippen LogP contribution is -2.42. The molecule has 4 aromatic carbocycles. The molecular weight excluding hydrogens is 494 g/mol. The molecule has 0 saturated carbocycles. The van der Waals surface area contributed by atoms with Gasteiger partial charge in [0.25, 0.3) is 0 Å². The first-order chi connectivity index (χ1) is 19.1. The van der Waals surface area contributed by atoms with E-state index in [0.29, 0.717) is 19.0 Å². The molecule has 196 valence electrons. The van der Waals surface area contributed by atoms with E-state index in [-0.39, 0.29) is 18.9 Å². The van der Waals surface area contributed by atoms with Gasteiger partial charge in [-0.15, -0.1) is 0 Å². The lowest BCUT2D eigenvalue weighted by Gasteiger charge is -2.19. The number of alkyl carbamates (subject to hydrolysis) is 1. The smallest absolute Gasteiger partial charge is 0.407 e. The van der Waals surface area contributed by atoms with Crippen LogP contribution in [0.3, 0.4) is 0 Å². The molecule has 6 rings (SSSR count). The lowest BCUT2D eigenvalue weighted by atomic mass is 9.98. The van der Waals surface area contributed by atoms with Crippen LogP contribution in [0.5, 0.6) is 11.5 Å². The van der Waals surface area contributed by atoms with Crippen LogP contribution in [0, 0.1) is 0 Å². The minimum atomic E-state index is -1.13. The number of rotatable bonds is 7. The van der Waals surface area contributed by atoms with Gasteiger partial charge in [0.15, 0.2) is 11.5 Å². The highest BCUT2D eigenvalue weighted by atomic mass is 16.6. The third kappa shape index (κ3) is 5.03. The van der Waals surface area contributed by atoms with E-state index in [1.807, 2.05) is 78.9 Å². The molecule has 0 bridgehead atoms. The van der Waals surface area contributed by atoms with Gasteiger partial charge in [-0.25, -0.2) is 9.59 Å². The predicted octanol–water partition coefficient (Wildman–Crippen LogP) is 5.66. The van der Waals surface area contributed by atoms with Gasteiger partial charge < -0.3 is 24.6 Å². The van der Waals surface area contributed by atoms with Crippen LogP contribution in [0.15, 0.2) is 91.0 Å². The molecule has 1 heterocycles. The summed E-state index contributed by atoms with van der Waals surface area (Å²) in [6, 6.07) is 28.4. The van der Waals surface area contributed by atoms with E-state index in [2.05, 4.69) is 17.4 Å². The highest BCUT2D eigenvalue weighted by molar-refractivity contribution is 5.81. The Morgan fingerprint density at radius 3 is 2.10 bits per heavy atom. The van der Waals surface area contributed by atoms with Crippen molar-refractivity contribution in [2.24, 2.45) is 0 Å². The number of carboxylic acid groups (broad SMARTS) is 1. The van der Waals surface area contributed by atoms with E-state index in [9.17, 15) is 14.7 Å². The maximum absolute atomic E-state index is 12.7. The van der Waals surface area contributed by atoms with Gasteiger partial charge in [0.05, 0.1) is 0 Å². The Balaban J connectivity index is 1.09. The summed E-state index contributed by atoms with van der Waals surface area (Å²) >= 11 is 0. The highest BCUT2D eigenvalue weighted by Gasteiger charge is 2.30. The molecule has 1 aliphatic heterocycles. The summed E-state index contributed by atoms with van der Waals surface area (Å²) < 4.78 is 16.8. The number of amides is 1. The van der Waals surface area contributed by atoms with Crippen molar-refractivity contribution in [2.75, 3.05) is 19.8 Å². The zero-order chi connectivity index (χ0) is 26.8.